The molecule has 1 rings (SSSR count). The van der Waals surface area contributed by atoms with Crippen molar-refractivity contribution >= 4 is 39.2 Å². The summed E-state index contributed by atoms with van der Waals surface area (Å²) in [7, 11) is 2.94. The van der Waals surface area contributed by atoms with E-state index in [1.165, 1.54) is 14.2 Å². The lowest BCUT2D eigenvalue weighted by Crippen LogP contribution is -2.30. The van der Waals surface area contributed by atoms with Gasteiger partial charge in [0.05, 0.1) is 7.11 Å². The Balaban J connectivity index is 2.81. The van der Waals surface area contributed by atoms with Gasteiger partial charge in [0.1, 0.15) is 0 Å². The van der Waals surface area contributed by atoms with Gasteiger partial charge >= 0.3 is 6.03 Å². The zero-order valence-corrected chi connectivity index (χ0v) is 12.2. The van der Waals surface area contributed by atoms with E-state index in [-0.39, 0.29) is 10.9 Å². The fraction of sp³-hybridized carbons (Fsp3) is 0.364. The summed E-state index contributed by atoms with van der Waals surface area (Å²) in [6.07, 6.45) is 0. The lowest BCUT2D eigenvalue weighted by molar-refractivity contribution is -0.0598. The largest absolute Gasteiger partial charge is 0.345 e. The maximum absolute atomic E-state index is 11.5. The molecule has 1 atom stereocenters. The monoisotopic (exact) mass is 320 g/mol. The molecule has 0 saturated carbocycles. The molecule has 1 aromatic rings. The summed E-state index contributed by atoms with van der Waals surface area (Å²) >= 11 is 9.54. The number of urea groups is 1. The van der Waals surface area contributed by atoms with Crippen molar-refractivity contribution in [2.24, 2.45) is 0 Å². The quantitative estimate of drug-likeness (QED) is 0.679. The van der Waals surface area contributed by atoms with Crippen LogP contribution in [-0.2, 0) is 4.84 Å². The fourth-order valence-electron chi connectivity index (χ4n) is 1.21. The van der Waals surface area contributed by atoms with Gasteiger partial charge in [-0.3, -0.25) is 4.84 Å². The lowest BCUT2D eigenvalue weighted by Gasteiger charge is -2.15. The predicted octanol–water partition coefficient (Wildman–Crippen LogP) is 3.82. The van der Waals surface area contributed by atoms with E-state index in [2.05, 4.69) is 21.2 Å². The summed E-state index contributed by atoms with van der Waals surface area (Å²) in [5, 5.41) is 4.36. The summed E-state index contributed by atoms with van der Waals surface area (Å²) in [5.41, 5.74) is 1.60. The number of alkyl halides is 1. The Bertz CT molecular complexity index is 412. The molecule has 0 spiro atoms. The van der Waals surface area contributed by atoms with Crippen LogP contribution in [0.15, 0.2) is 18.2 Å². The third-order valence-corrected chi connectivity index (χ3v) is 3.06. The number of hydroxylamine groups is 2. The predicted molar refractivity (Wildman–Crippen MR) is 72.6 cm³/mol. The van der Waals surface area contributed by atoms with Crippen LogP contribution in [0.1, 0.15) is 17.3 Å². The van der Waals surface area contributed by atoms with E-state index >= 15 is 0 Å². The molecule has 1 N–H and O–H groups in total. The molecule has 1 aromatic carbocycles. The first-order chi connectivity index (χ1) is 7.95. The summed E-state index contributed by atoms with van der Waals surface area (Å²) in [5.74, 6) is 0. The third kappa shape index (κ3) is 3.87. The van der Waals surface area contributed by atoms with Crippen molar-refractivity contribution in [3.05, 3.63) is 28.8 Å². The SMILES string of the molecule is CON(C)C(=O)Nc1ccc(C(C)Br)c(Cl)c1. The Kier molecular flexibility index (Phi) is 5.24. The molecule has 0 bridgehead atoms. The molecule has 17 heavy (non-hydrogen) atoms. The van der Waals surface area contributed by atoms with E-state index in [1.807, 2.05) is 13.0 Å². The second-order valence-electron chi connectivity index (χ2n) is 3.46. The van der Waals surface area contributed by atoms with Gasteiger partial charge < -0.3 is 5.32 Å². The lowest BCUT2D eigenvalue weighted by atomic mass is 10.1. The number of carbonyl (C=O) groups excluding carboxylic acids is 1. The molecular formula is C11H14BrClN2O2. The third-order valence-electron chi connectivity index (χ3n) is 2.24. The van der Waals surface area contributed by atoms with E-state index < -0.39 is 0 Å². The van der Waals surface area contributed by atoms with Crippen LogP contribution in [0, 0.1) is 0 Å². The van der Waals surface area contributed by atoms with Gasteiger partial charge in [-0.2, -0.15) is 0 Å². The van der Waals surface area contributed by atoms with E-state index in [0.717, 1.165) is 10.6 Å². The van der Waals surface area contributed by atoms with Crippen molar-refractivity contribution in [2.45, 2.75) is 11.8 Å². The number of hydrogen-bond donors (Lipinski definition) is 1. The molecule has 0 saturated heterocycles. The first-order valence-corrected chi connectivity index (χ1v) is 6.27. The van der Waals surface area contributed by atoms with Crippen LogP contribution >= 0.6 is 27.5 Å². The van der Waals surface area contributed by atoms with Crippen molar-refractivity contribution in [3.63, 3.8) is 0 Å². The number of rotatable bonds is 3. The zero-order chi connectivity index (χ0) is 13.0. The average Bonchev–Trinajstić information content (AvgIpc) is 2.27. The Labute approximate surface area is 114 Å². The number of hydrogen-bond acceptors (Lipinski definition) is 2. The minimum atomic E-state index is -0.358. The number of halogens is 2. The highest BCUT2D eigenvalue weighted by Gasteiger charge is 2.10. The highest BCUT2D eigenvalue weighted by molar-refractivity contribution is 9.09. The molecule has 0 heterocycles. The molecule has 0 fully saturated rings. The molecule has 1 unspecified atom stereocenters. The molecule has 6 heteroatoms. The van der Waals surface area contributed by atoms with Crippen LogP contribution in [0.3, 0.4) is 0 Å². The molecule has 0 aliphatic heterocycles. The minimum Gasteiger partial charge on any atom is -0.306 e. The molecule has 4 nitrogen and oxygen atoms in total. The second-order valence-corrected chi connectivity index (χ2v) is 5.24. The first-order valence-electron chi connectivity index (χ1n) is 4.98. The molecule has 0 aromatic heterocycles. The molecular weight excluding hydrogens is 307 g/mol. The van der Waals surface area contributed by atoms with Crippen molar-refractivity contribution in [2.75, 3.05) is 19.5 Å². The summed E-state index contributed by atoms with van der Waals surface area (Å²) < 4.78 is 0. The van der Waals surface area contributed by atoms with Gasteiger partial charge in [-0.15, -0.1) is 0 Å². The maximum atomic E-state index is 11.5. The molecule has 94 valence electrons. The average molecular weight is 322 g/mol. The van der Waals surface area contributed by atoms with E-state index in [1.54, 1.807) is 12.1 Å². The molecule has 0 radical (unpaired) electrons. The topological polar surface area (TPSA) is 41.6 Å². The number of benzene rings is 1. The second kappa shape index (κ2) is 6.23. The molecule has 2 amide bonds. The van der Waals surface area contributed by atoms with Crippen LogP contribution < -0.4 is 5.32 Å². The van der Waals surface area contributed by atoms with Gasteiger partial charge in [0.2, 0.25) is 0 Å². The molecule has 0 aliphatic rings. The molecule has 0 aliphatic carbocycles. The van der Waals surface area contributed by atoms with Crippen molar-refractivity contribution in [1.29, 1.82) is 0 Å². The normalized spacial score (nSPS) is 12.1. The number of amides is 2. The van der Waals surface area contributed by atoms with E-state index in [9.17, 15) is 4.79 Å². The van der Waals surface area contributed by atoms with Gasteiger partial charge in [0, 0.05) is 22.6 Å². The van der Waals surface area contributed by atoms with Crippen LogP contribution in [0.25, 0.3) is 0 Å². The standard InChI is InChI=1S/C11H14BrClN2O2/c1-7(12)9-5-4-8(6-10(9)13)14-11(16)15(2)17-3/h4-7H,1-3H3,(H,14,16). The fourth-order valence-corrected chi connectivity index (χ4v) is 2.09. The van der Waals surface area contributed by atoms with Gasteiger partial charge in [-0.25, -0.2) is 9.86 Å². The number of carbonyl (C=O) groups is 1. The Morgan fingerprint density at radius 1 is 1.59 bits per heavy atom. The Hall–Kier alpha value is -0.780. The van der Waals surface area contributed by atoms with Gasteiger partial charge in [0.25, 0.3) is 0 Å². The van der Waals surface area contributed by atoms with E-state index in [0.29, 0.717) is 10.7 Å². The van der Waals surface area contributed by atoms with Gasteiger partial charge in [-0.05, 0) is 24.6 Å². The zero-order valence-electron chi connectivity index (χ0n) is 9.83. The van der Waals surface area contributed by atoms with Gasteiger partial charge in [-0.1, -0.05) is 33.6 Å². The highest BCUT2D eigenvalue weighted by atomic mass is 79.9. The van der Waals surface area contributed by atoms with Crippen LogP contribution in [-0.4, -0.2) is 25.3 Å². The Morgan fingerprint density at radius 2 is 2.24 bits per heavy atom. The number of nitrogens with one attached hydrogen (secondary N) is 1. The van der Waals surface area contributed by atoms with Crippen molar-refractivity contribution in [3.8, 4) is 0 Å². The van der Waals surface area contributed by atoms with Gasteiger partial charge in [0.15, 0.2) is 0 Å². The van der Waals surface area contributed by atoms with Crippen molar-refractivity contribution in [1.82, 2.24) is 5.06 Å². The van der Waals surface area contributed by atoms with Crippen LogP contribution in [0.5, 0.6) is 0 Å². The number of nitrogens with zero attached hydrogens (tertiary/aromatic N) is 1. The van der Waals surface area contributed by atoms with Crippen LogP contribution in [0.4, 0.5) is 10.5 Å². The summed E-state index contributed by atoms with van der Waals surface area (Å²) in [4.78, 5) is 16.4. The van der Waals surface area contributed by atoms with Crippen molar-refractivity contribution < 1.29 is 9.63 Å². The highest BCUT2D eigenvalue weighted by Crippen LogP contribution is 2.30. The number of anilines is 1. The summed E-state index contributed by atoms with van der Waals surface area (Å²) in [6.45, 7) is 1.98. The maximum Gasteiger partial charge on any atom is 0.345 e. The van der Waals surface area contributed by atoms with E-state index in [4.69, 9.17) is 16.4 Å². The van der Waals surface area contributed by atoms with Crippen LogP contribution in [0.2, 0.25) is 5.02 Å². The Morgan fingerprint density at radius 3 is 2.71 bits per heavy atom. The smallest absolute Gasteiger partial charge is 0.306 e. The minimum absolute atomic E-state index is 0.168. The summed E-state index contributed by atoms with van der Waals surface area (Å²) in [6, 6.07) is 5.00. The first kappa shape index (κ1) is 14.3.